The van der Waals surface area contributed by atoms with Gasteiger partial charge in [0, 0.05) is 38.9 Å². The number of aryl methyl sites for hydroxylation is 1. The Balaban J connectivity index is 0.00000364. The van der Waals surface area contributed by atoms with Crippen molar-refractivity contribution in [1.82, 2.24) is 25.3 Å². The summed E-state index contributed by atoms with van der Waals surface area (Å²) in [6, 6.07) is 8.36. The number of nitrogens with one attached hydrogen (secondary N) is 2. The van der Waals surface area contributed by atoms with Gasteiger partial charge in [0.25, 0.3) is 0 Å². The maximum Gasteiger partial charge on any atom is 0.191 e. The van der Waals surface area contributed by atoms with Crippen molar-refractivity contribution in [2.24, 2.45) is 12.0 Å². The lowest BCUT2D eigenvalue weighted by molar-refractivity contribution is 0.298. The predicted molar refractivity (Wildman–Crippen MR) is 121 cm³/mol. The Bertz CT molecular complexity index is 698. The molecule has 2 N–H and O–H groups in total. The highest BCUT2D eigenvalue weighted by atomic mass is 127. The van der Waals surface area contributed by atoms with Crippen LogP contribution in [-0.4, -0.2) is 62.0 Å². The Kier molecular flexibility index (Phi) is 10.2. The second-order valence-electron chi connectivity index (χ2n) is 6.40. The van der Waals surface area contributed by atoms with E-state index in [9.17, 15) is 0 Å². The van der Waals surface area contributed by atoms with Crippen LogP contribution in [0.3, 0.4) is 0 Å². The van der Waals surface area contributed by atoms with Crippen LogP contribution >= 0.6 is 24.0 Å². The summed E-state index contributed by atoms with van der Waals surface area (Å²) >= 11 is 0. The van der Waals surface area contributed by atoms with Gasteiger partial charge in [0.2, 0.25) is 0 Å². The van der Waals surface area contributed by atoms with Crippen LogP contribution in [0.25, 0.3) is 0 Å². The van der Waals surface area contributed by atoms with Crippen molar-refractivity contribution in [2.75, 3.05) is 41.3 Å². The van der Waals surface area contributed by atoms with Crippen LogP contribution in [0.2, 0.25) is 0 Å². The first-order valence-corrected chi connectivity index (χ1v) is 8.76. The third-order valence-electron chi connectivity index (χ3n) is 4.28. The second kappa shape index (κ2) is 11.8. The van der Waals surface area contributed by atoms with E-state index in [1.54, 1.807) is 14.2 Å². The third kappa shape index (κ3) is 7.37. The molecule has 150 valence electrons. The summed E-state index contributed by atoms with van der Waals surface area (Å²) in [6.45, 7) is 1.56. The van der Waals surface area contributed by atoms with Gasteiger partial charge in [-0.15, -0.1) is 24.0 Å². The lowest BCUT2D eigenvalue weighted by Gasteiger charge is -2.24. The Morgan fingerprint density at radius 1 is 1.26 bits per heavy atom. The molecule has 0 fully saturated rings. The van der Waals surface area contributed by atoms with Gasteiger partial charge in [0.05, 0.1) is 19.3 Å². The van der Waals surface area contributed by atoms with Gasteiger partial charge in [0.1, 0.15) is 5.75 Å². The topological polar surface area (TPSA) is 66.7 Å². The maximum atomic E-state index is 5.19. The van der Waals surface area contributed by atoms with Gasteiger partial charge in [-0.05, 0) is 38.2 Å². The van der Waals surface area contributed by atoms with Crippen LogP contribution < -0.4 is 15.4 Å². The molecule has 0 aliphatic heterocycles. The Morgan fingerprint density at radius 3 is 2.48 bits per heavy atom. The average Bonchev–Trinajstić information content (AvgIpc) is 3.06. The fourth-order valence-corrected chi connectivity index (χ4v) is 2.74. The lowest BCUT2D eigenvalue weighted by Crippen LogP contribution is -2.42. The highest BCUT2D eigenvalue weighted by Gasteiger charge is 2.16. The van der Waals surface area contributed by atoms with E-state index in [4.69, 9.17) is 4.74 Å². The molecule has 0 aliphatic carbocycles. The van der Waals surface area contributed by atoms with E-state index in [2.05, 4.69) is 51.9 Å². The van der Waals surface area contributed by atoms with E-state index in [1.165, 1.54) is 11.1 Å². The molecule has 7 nitrogen and oxygen atoms in total. The number of rotatable bonds is 8. The first-order chi connectivity index (χ1) is 12.5. The summed E-state index contributed by atoms with van der Waals surface area (Å²) in [5.41, 5.74) is 2.44. The molecule has 0 bridgehead atoms. The molecule has 0 saturated heterocycles. The minimum absolute atomic E-state index is 0. The van der Waals surface area contributed by atoms with Crippen molar-refractivity contribution >= 4 is 29.9 Å². The zero-order chi connectivity index (χ0) is 18.9. The van der Waals surface area contributed by atoms with Gasteiger partial charge in [-0.2, -0.15) is 5.10 Å². The zero-order valence-corrected chi connectivity index (χ0v) is 19.1. The number of ether oxygens (including phenoxy) is 1. The van der Waals surface area contributed by atoms with Crippen molar-refractivity contribution in [1.29, 1.82) is 0 Å². The van der Waals surface area contributed by atoms with E-state index in [0.29, 0.717) is 0 Å². The van der Waals surface area contributed by atoms with Gasteiger partial charge in [0.15, 0.2) is 5.96 Å². The van der Waals surface area contributed by atoms with E-state index in [0.717, 1.165) is 31.2 Å². The number of benzene rings is 1. The normalized spacial score (nSPS) is 12.4. The number of aromatic nitrogens is 2. The number of guanidine groups is 1. The maximum absolute atomic E-state index is 5.19. The number of hydrogen-bond acceptors (Lipinski definition) is 4. The number of methoxy groups -OCH3 is 1. The Morgan fingerprint density at radius 2 is 1.96 bits per heavy atom. The molecule has 0 spiro atoms. The molecule has 0 aliphatic rings. The van der Waals surface area contributed by atoms with Crippen LogP contribution in [0.5, 0.6) is 5.75 Å². The van der Waals surface area contributed by atoms with Crippen LogP contribution in [0.1, 0.15) is 17.2 Å². The summed E-state index contributed by atoms with van der Waals surface area (Å²) in [5, 5.41) is 11.0. The number of nitrogens with zero attached hydrogens (tertiary/aromatic N) is 4. The van der Waals surface area contributed by atoms with Gasteiger partial charge in [-0.25, -0.2) is 0 Å². The molecular formula is C19H31IN6O. The molecule has 2 aromatic rings. The summed E-state index contributed by atoms with van der Waals surface area (Å²) in [6.07, 6.45) is 4.88. The minimum atomic E-state index is 0. The van der Waals surface area contributed by atoms with Crippen LogP contribution in [0.15, 0.2) is 41.7 Å². The van der Waals surface area contributed by atoms with E-state index < -0.39 is 0 Å². The van der Waals surface area contributed by atoms with Gasteiger partial charge < -0.3 is 20.3 Å². The molecule has 1 unspecified atom stereocenters. The Labute approximate surface area is 179 Å². The fourth-order valence-electron chi connectivity index (χ4n) is 2.74. The van der Waals surface area contributed by atoms with Crippen LogP contribution in [-0.2, 0) is 13.5 Å². The average molecular weight is 486 g/mol. The SMILES string of the molecule is CN=C(NCCc1ccc(OC)cc1)NCC(c1cnn(C)c1)N(C)C.I. The number of aliphatic imine (C=N–C) groups is 1. The lowest BCUT2D eigenvalue weighted by atomic mass is 10.1. The smallest absolute Gasteiger partial charge is 0.191 e. The highest BCUT2D eigenvalue weighted by Crippen LogP contribution is 2.16. The highest BCUT2D eigenvalue weighted by molar-refractivity contribution is 14.0. The van der Waals surface area contributed by atoms with E-state index in [1.807, 2.05) is 36.3 Å². The monoisotopic (exact) mass is 486 g/mol. The number of likely N-dealkylation sites (N-methyl/N-ethyl adjacent to an activating group) is 1. The van der Waals surface area contributed by atoms with Crippen molar-refractivity contribution in [3.63, 3.8) is 0 Å². The summed E-state index contributed by atoms with van der Waals surface area (Å²) in [7, 11) is 9.54. The first kappa shape index (κ1) is 23.2. The van der Waals surface area contributed by atoms with Crippen molar-refractivity contribution in [2.45, 2.75) is 12.5 Å². The summed E-state index contributed by atoms with van der Waals surface area (Å²) in [4.78, 5) is 6.49. The van der Waals surface area contributed by atoms with E-state index in [-0.39, 0.29) is 30.0 Å². The van der Waals surface area contributed by atoms with Gasteiger partial charge >= 0.3 is 0 Å². The largest absolute Gasteiger partial charge is 0.497 e. The predicted octanol–water partition coefficient (Wildman–Crippen LogP) is 2.06. The van der Waals surface area contributed by atoms with Crippen molar-refractivity contribution < 1.29 is 4.74 Å². The number of halogens is 1. The molecule has 0 radical (unpaired) electrons. The second-order valence-corrected chi connectivity index (χ2v) is 6.40. The molecule has 1 aromatic heterocycles. The van der Waals surface area contributed by atoms with Crippen molar-refractivity contribution in [3.8, 4) is 5.75 Å². The molecular weight excluding hydrogens is 455 g/mol. The Hall–Kier alpha value is -1.81. The summed E-state index contributed by atoms with van der Waals surface area (Å²) in [5.74, 6) is 1.68. The van der Waals surface area contributed by atoms with E-state index >= 15 is 0 Å². The fraction of sp³-hybridized carbons (Fsp3) is 0.474. The molecule has 1 atom stereocenters. The summed E-state index contributed by atoms with van der Waals surface area (Å²) < 4.78 is 7.01. The van der Waals surface area contributed by atoms with Crippen LogP contribution in [0.4, 0.5) is 0 Å². The molecule has 2 rings (SSSR count). The van der Waals surface area contributed by atoms with Crippen LogP contribution in [0, 0.1) is 0 Å². The van der Waals surface area contributed by atoms with Crippen molar-refractivity contribution in [3.05, 3.63) is 47.8 Å². The van der Waals surface area contributed by atoms with Gasteiger partial charge in [-0.3, -0.25) is 9.67 Å². The molecule has 1 aromatic carbocycles. The number of hydrogen-bond donors (Lipinski definition) is 2. The quantitative estimate of drug-likeness (QED) is 0.340. The first-order valence-electron chi connectivity index (χ1n) is 8.76. The molecule has 8 heteroatoms. The molecule has 1 heterocycles. The third-order valence-corrected chi connectivity index (χ3v) is 4.28. The minimum Gasteiger partial charge on any atom is -0.497 e. The van der Waals surface area contributed by atoms with Gasteiger partial charge in [-0.1, -0.05) is 12.1 Å². The standard InChI is InChI=1S/C19H30N6O.HI/c1-20-19(21-11-10-15-6-8-17(26-5)9-7-15)22-13-18(24(2)3)16-12-23-25(4)14-16;/h6-9,12,14,18H,10-11,13H2,1-5H3,(H2,20,21,22);1H. The molecule has 0 amide bonds. The molecule has 27 heavy (non-hydrogen) atoms. The molecule has 0 saturated carbocycles. The zero-order valence-electron chi connectivity index (χ0n) is 16.8.